The van der Waals surface area contributed by atoms with Crippen molar-refractivity contribution in [2.24, 2.45) is 0 Å². The number of anilines is 1. The summed E-state index contributed by atoms with van der Waals surface area (Å²) in [6.45, 7) is 0. The molecule has 1 aliphatic carbocycles. The van der Waals surface area contributed by atoms with Crippen LogP contribution in [-0.2, 0) is 10.2 Å². The van der Waals surface area contributed by atoms with E-state index in [0.717, 1.165) is 18.4 Å². The van der Waals surface area contributed by atoms with E-state index >= 15 is 0 Å². The highest BCUT2D eigenvalue weighted by Crippen LogP contribution is 2.49. The minimum absolute atomic E-state index is 0.0496. The highest BCUT2D eigenvalue weighted by molar-refractivity contribution is 6.30. The molecule has 1 saturated carbocycles. The number of nitrogens with one attached hydrogen (secondary N) is 1. The molecule has 0 radical (unpaired) electrons. The summed E-state index contributed by atoms with van der Waals surface area (Å²) < 4.78 is 12.8. The molecule has 2 aromatic rings. The Morgan fingerprint density at radius 1 is 1.05 bits per heavy atom. The summed E-state index contributed by atoms with van der Waals surface area (Å²) >= 11 is 5.87. The molecule has 0 saturated heterocycles. The van der Waals surface area contributed by atoms with E-state index in [1.165, 1.54) is 12.1 Å². The first kappa shape index (κ1) is 13.1. The van der Waals surface area contributed by atoms with E-state index in [-0.39, 0.29) is 11.7 Å². The molecule has 102 valence electrons. The Bertz CT molecular complexity index is 633. The number of hydrogen-bond donors (Lipinski definition) is 1. The predicted molar refractivity (Wildman–Crippen MR) is 77.4 cm³/mol. The molecule has 20 heavy (non-hydrogen) atoms. The van der Waals surface area contributed by atoms with Gasteiger partial charge in [0.05, 0.1) is 5.41 Å². The van der Waals surface area contributed by atoms with Gasteiger partial charge in [0.15, 0.2) is 0 Å². The van der Waals surface area contributed by atoms with Crippen LogP contribution in [0.15, 0.2) is 48.5 Å². The number of carbonyl (C=O) groups excluding carboxylic acids is 1. The van der Waals surface area contributed by atoms with Gasteiger partial charge < -0.3 is 5.32 Å². The second-order valence-corrected chi connectivity index (χ2v) is 5.49. The first-order valence-corrected chi connectivity index (χ1v) is 6.81. The van der Waals surface area contributed by atoms with Crippen molar-refractivity contribution in [1.82, 2.24) is 0 Å². The van der Waals surface area contributed by atoms with E-state index < -0.39 is 5.41 Å². The zero-order chi connectivity index (χ0) is 14.2. The Morgan fingerprint density at radius 3 is 2.20 bits per heavy atom. The Labute approximate surface area is 121 Å². The molecule has 1 fully saturated rings. The van der Waals surface area contributed by atoms with Crippen LogP contribution in [0, 0.1) is 5.82 Å². The molecule has 0 bridgehead atoms. The second kappa shape index (κ2) is 4.91. The molecule has 1 amide bonds. The van der Waals surface area contributed by atoms with Gasteiger partial charge >= 0.3 is 0 Å². The fraction of sp³-hybridized carbons (Fsp3) is 0.188. The first-order chi connectivity index (χ1) is 9.60. The molecular formula is C16H13ClFNO. The van der Waals surface area contributed by atoms with Gasteiger partial charge in [-0.2, -0.15) is 0 Å². The molecule has 3 rings (SSSR count). The number of rotatable bonds is 3. The molecule has 1 aliphatic rings. The quantitative estimate of drug-likeness (QED) is 0.903. The number of benzene rings is 2. The number of carbonyl (C=O) groups is 1. The highest BCUT2D eigenvalue weighted by Gasteiger charge is 2.51. The first-order valence-electron chi connectivity index (χ1n) is 6.43. The molecule has 0 unspecified atom stereocenters. The molecule has 0 spiro atoms. The zero-order valence-corrected chi connectivity index (χ0v) is 11.5. The summed E-state index contributed by atoms with van der Waals surface area (Å²) in [6.07, 6.45) is 1.64. The van der Waals surface area contributed by atoms with Crippen LogP contribution in [0.5, 0.6) is 0 Å². The topological polar surface area (TPSA) is 29.1 Å². The van der Waals surface area contributed by atoms with Gasteiger partial charge in [0, 0.05) is 10.7 Å². The third-order valence-electron chi connectivity index (χ3n) is 3.68. The number of halogens is 2. The van der Waals surface area contributed by atoms with Crippen LogP contribution in [-0.4, -0.2) is 5.91 Å². The van der Waals surface area contributed by atoms with Crippen molar-refractivity contribution in [1.29, 1.82) is 0 Å². The van der Waals surface area contributed by atoms with Crippen molar-refractivity contribution in [2.45, 2.75) is 18.3 Å². The number of amides is 1. The molecule has 2 nitrogen and oxygen atoms in total. The lowest BCUT2D eigenvalue weighted by molar-refractivity contribution is -0.118. The lowest BCUT2D eigenvalue weighted by atomic mass is 9.95. The SMILES string of the molecule is O=C(Nc1ccc(F)cc1)C1(c2ccc(Cl)cc2)CC1. The summed E-state index contributed by atoms with van der Waals surface area (Å²) in [5.41, 5.74) is 1.12. The van der Waals surface area contributed by atoms with E-state index in [9.17, 15) is 9.18 Å². The van der Waals surface area contributed by atoms with Crippen molar-refractivity contribution >= 4 is 23.2 Å². The van der Waals surface area contributed by atoms with Crippen LogP contribution in [0.3, 0.4) is 0 Å². The van der Waals surface area contributed by atoms with Crippen molar-refractivity contribution in [3.8, 4) is 0 Å². The summed E-state index contributed by atoms with van der Waals surface area (Å²) in [6, 6.07) is 13.1. The third-order valence-corrected chi connectivity index (χ3v) is 3.94. The minimum Gasteiger partial charge on any atom is -0.325 e. The van der Waals surface area contributed by atoms with Gasteiger partial charge in [-0.25, -0.2) is 4.39 Å². The maximum Gasteiger partial charge on any atom is 0.235 e. The standard InChI is InChI=1S/C16H13ClFNO/c17-12-3-1-11(2-4-12)16(9-10-16)15(20)19-14-7-5-13(18)6-8-14/h1-8H,9-10H2,(H,19,20). The van der Waals surface area contributed by atoms with E-state index in [1.54, 1.807) is 24.3 Å². The normalized spacial score (nSPS) is 15.7. The summed E-state index contributed by atoms with van der Waals surface area (Å²) in [7, 11) is 0. The molecule has 1 N–H and O–H groups in total. The third kappa shape index (κ3) is 2.41. The Kier molecular flexibility index (Phi) is 3.22. The van der Waals surface area contributed by atoms with Crippen LogP contribution in [0.4, 0.5) is 10.1 Å². The Hall–Kier alpha value is -1.87. The van der Waals surface area contributed by atoms with E-state index in [0.29, 0.717) is 10.7 Å². The molecule has 0 heterocycles. The predicted octanol–water partition coefficient (Wildman–Crippen LogP) is 4.15. The van der Waals surface area contributed by atoms with E-state index in [2.05, 4.69) is 5.32 Å². The van der Waals surface area contributed by atoms with Crippen LogP contribution < -0.4 is 5.32 Å². The van der Waals surface area contributed by atoms with Gasteiger partial charge in [-0.3, -0.25) is 4.79 Å². The second-order valence-electron chi connectivity index (χ2n) is 5.05. The number of hydrogen-bond acceptors (Lipinski definition) is 1. The zero-order valence-electron chi connectivity index (χ0n) is 10.7. The van der Waals surface area contributed by atoms with Crippen molar-refractivity contribution in [3.05, 3.63) is 64.9 Å². The Morgan fingerprint density at radius 2 is 1.65 bits per heavy atom. The molecule has 0 aromatic heterocycles. The van der Waals surface area contributed by atoms with Crippen LogP contribution in [0.25, 0.3) is 0 Å². The lowest BCUT2D eigenvalue weighted by Gasteiger charge is -2.16. The fourth-order valence-electron chi connectivity index (χ4n) is 2.32. The van der Waals surface area contributed by atoms with Gasteiger partial charge in [-0.05, 0) is 54.8 Å². The molecule has 4 heteroatoms. The maximum absolute atomic E-state index is 12.8. The summed E-state index contributed by atoms with van der Waals surface area (Å²) in [5, 5.41) is 3.50. The van der Waals surface area contributed by atoms with Crippen molar-refractivity contribution < 1.29 is 9.18 Å². The largest absolute Gasteiger partial charge is 0.325 e. The molecule has 0 atom stereocenters. The lowest BCUT2D eigenvalue weighted by Crippen LogP contribution is -2.27. The summed E-state index contributed by atoms with van der Waals surface area (Å²) in [4.78, 5) is 12.4. The Balaban J connectivity index is 1.79. The fourth-order valence-corrected chi connectivity index (χ4v) is 2.45. The molecule has 2 aromatic carbocycles. The highest BCUT2D eigenvalue weighted by atomic mass is 35.5. The van der Waals surface area contributed by atoms with E-state index in [4.69, 9.17) is 11.6 Å². The monoisotopic (exact) mass is 289 g/mol. The minimum atomic E-state index is -0.459. The smallest absolute Gasteiger partial charge is 0.235 e. The molecular weight excluding hydrogens is 277 g/mol. The van der Waals surface area contributed by atoms with Crippen molar-refractivity contribution in [3.63, 3.8) is 0 Å². The van der Waals surface area contributed by atoms with Crippen LogP contribution in [0.2, 0.25) is 5.02 Å². The van der Waals surface area contributed by atoms with E-state index in [1.807, 2.05) is 12.1 Å². The van der Waals surface area contributed by atoms with Gasteiger partial charge in [0.2, 0.25) is 5.91 Å². The average molecular weight is 290 g/mol. The van der Waals surface area contributed by atoms with Gasteiger partial charge in [-0.1, -0.05) is 23.7 Å². The summed E-state index contributed by atoms with van der Waals surface area (Å²) in [5.74, 6) is -0.367. The van der Waals surface area contributed by atoms with Crippen LogP contribution in [0.1, 0.15) is 18.4 Å². The average Bonchev–Trinajstić information content (AvgIpc) is 3.24. The van der Waals surface area contributed by atoms with Gasteiger partial charge in [-0.15, -0.1) is 0 Å². The van der Waals surface area contributed by atoms with Gasteiger partial charge in [0.1, 0.15) is 5.82 Å². The van der Waals surface area contributed by atoms with Crippen molar-refractivity contribution in [2.75, 3.05) is 5.32 Å². The maximum atomic E-state index is 12.8. The van der Waals surface area contributed by atoms with Gasteiger partial charge in [0.25, 0.3) is 0 Å². The van der Waals surface area contributed by atoms with Crippen LogP contribution >= 0.6 is 11.6 Å². The molecule has 0 aliphatic heterocycles.